The second kappa shape index (κ2) is 49.2. The zero-order valence-electron chi connectivity index (χ0n) is 63.8. The minimum absolute atomic E-state index is 0.0275. The molecule has 0 radical (unpaired) electrons. The standard InChI is InChI=1S/C71H114N18O19S2/c1-11-38(8)57(69(106)84-50(33-53(93)94)65(102)88-56(37(6)7)70(107)108)89-62(99)47(27-30-110-10)80-60(97)45(15-12-13-28-72)79-61(98)46(16-14-29-77-71(75)76)81-67(104)54(35(2)3)87-68(105)55(36(4)5)86-64(101)49(32-41-19-23-43(91)24-20-41)83-66(103)51(34-109)85-58(95)39(9)78-63(100)48(31-40-17-21-42(90)22-18-40)82-59(96)44(73)25-26-52(74)92/h17-24,35-39,44-51,54-57,90-91,109H,11-16,25-34,72-73H2,1-10H3,(H2,74,92)(H,78,100)(H,79,98)(H,80,97)(H,81,104)(H,82,96)(H,83,103)(H,84,106)(H,85,95)(H,86,101)(H,87,105)(H,88,102)(H,89,99)(H,93,94)(H,107,108)(H4,75,76,77)/t38-,39-,44-,45-,46-,47-,48-,49-,50-,51-,54-,55-,56-,57-/m0/s1. The molecule has 0 spiro atoms. The van der Waals surface area contributed by atoms with E-state index in [0.717, 1.165) is 0 Å². The molecule has 14 atom stereocenters. The molecule has 0 fully saturated rings. The molecule has 2 aromatic rings. The molecule has 39 heteroatoms. The number of phenolic OH excluding ortho intramolecular Hbond substituents is 2. The molecule has 614 valence electrons. The smallest absolute Gasteiger partial charge is 0.326 e. The van der Waals surface area contributed by atoms with Crippen molar-refractivity contribution in [3.05, 3.63) is 59.7 Å². The largest absolute Gasteiger partial charge is 0.508 e. The van der Waals surface area contributed by atoms with Crippen molar-refractivity contribution in [3.63, 3.8) is 0 Å². The average Bonchev–Trinajstić information content (AvgIpc) is 0.854. The van der Waals surface area contributed by atoms with Crippen LogP contribution in [-0.4, -0.2) is 225 Å². The molecule has 2 aromatic carbocycles. The van der Waals surface area contributed by atoms with E-state index in [0.29, 0.717) is 17.5 Å². The van der Waals surface area contributed by atoms with E-state index >= 15 is 0 Å². The number of rotatable bonds is 51. The van der Waals surface area contributed by atoms with E-state index in [-0.39, 0.29) is 100 Å². The average molecular weight is 1590 g/mol. The number of aliphatic carboxylic acids is 2. The summed E-state index contributed by atoms with van der Waals surface area (Å²) in [5, 5.41) is 80.4. The van der Waals surface area contributed by atoms with Crippen LogP contribution in [-0.2, 0) is 84.8 Å². The summed E-state index contributed by atoms with van der Waals surface area (Å²) in [6.45, 7) is 14.1. The third kappa shape index (κ3) is 34.7. The molecular formula is C71H114N18O19S2. The fourth-order valence-corrected chi connectivity index (χ4v) is 11.5. The summed E-state index contributed by atoms with van der Waals surface area (Å²) >= 11 is 5.60. The summed E-state index contributed by atoms with van der Waals surface area (Å²) in [4.78, 5) is 205. The van der Waals surface area contributed by atoms with Gasteiger partial charge < -0.3 is 112 Å². The van der Waals surface area contributed by atoms with Crippen molar-refractivity contribution in [2.45, 2.75) is 218 Å². The van der Waals surface area contributed by atoms with E-state index in [1.807, 2.05) is 0 Å². The van der Waals surface area contributed by atoms with Crippen LogP contribution in [0.4, 0.5) is 0 Å². The van der Waals surface area contributed by atoms with Gasteiger partial charge in [-0.25, -0.2) is 4.79 Å². The van der Waals surface area contributed by atoms with Gasteiger partial charge in [-0.1, -0.05) is 86.1 Å². The summed E-state index contributed by atoms with van der Waals surface area (Å²) in [5.74, 6) is -18.2. The highest BCUT2D eigenvalue weighted by Crippen LogP contribution is 2.18. The lowest BCUT2D eigenvalue weighted by molar-refractivity contribution is -0.144. The van der Waals surface area contributed by atoms with Crippen LogP contribution >= 0.6 is 24.4 Å². The monoisotopic (exact) mass is 1590 g/mol. The second-order valence-corrected chi connectivity index (χ2v) is 29.1. The lowest BCUT2D eigenvalue weighted by Gasteiger charge is -2.30. The molecule has 2 rings (SSSR count). The van der Waals surface area contributed by atoms with Gasteiger partial charge in [-0.3, -0.25) is 72.5 Å². The number of hydrogen-bond acceptors (Lipinski definition) is 22. The predicted molar refractivity (Wildman–Crippen MR) is 412 cm³/mol. The maximum absolute atomic E-state index is 14.7. The first kappa shape index (κ1) is 96.1. The molecule has 0 aliphatic carbocycles. The first-order valence-corrected chi connectivity index (χ1v) is 38.3. The lowest BCUT2D eigenvalue weighted by atomic mass is 9.97. The number of aromatic hydroxyl groups is 2. The maximum Gasteiger partial charge on any atom is 0.326 e. The molecule has 0 bridgehead atoms. The normalized spacial score (nSPS) is 15.0. The van der Waals surface area contributed by atoms with E-state index in [9.17, 15) is 92.3 Å². The van der Waals surface area contributed by atoms with Gasteiger partial charge in [0.25, 0.3) is 0 Å². The topological polar surface area (TPSA) is 621 Å². The number of primary amides is 1. The Balaban J connectivity index is 2.51. The van der Waals surface area contributed by atoms with Gasteiger partial charge in [-0.05, 0) is 129 Å². The number of hydrogen-bond donors (Lipinski definition) is 23. The Labute approximate surface area is 649 Å². The lowest BCUT2D eigenvalue weighted by Crippen LogP contribution is -2.62. The van der Waals surface area contributed by atoms with Crippen LogP contribution in [0.1, 0.15) is 138 Å². The van der Waals surface area contributed by atoms with Crippen LogP contribution in [0.25, 0.3) is 0 Å². The molecule has 26 N–H and O–H groups in total. The summed E-state index contributed by atoms with van der Waals surface area (Å²) in [7, 11) is 0. The fourth-order valence-electron chi connectivity index (χ4n) is 10.8. The van der Waals surface area contributed by atoms with Crippen LogP contribution in [0.5, 0.6) is 11.5 Å². The minimum Gasteiger partial charge on any atom is -0.508 e. The SMILES string of the molecule is CC[C@H](C)[C@H](NC(=O)[C@H](CCSC)NC(=O)[C@H](CCCCN)NC(=O)[C@H](CCCNC(=N)N)NC(=O)[C@@H](NC(=O)[C@@H](NC(=O)[C@H](Cc1ccc(O)cc1)NC(=O)[C@H](CS)NC(=O)[C@H](C)NC(=O)[C@H](Cc1ccc(O)cc1)NC(=O)[C@@H](N)CCC(N)=O)C(C)C)C(C)C)C(=O)N[C@@H](CC(=O)O)C(=O)N[C@H](C(=O)O)C(C)C. The van der Waals surface area contributed by atoms with Crippen LogP contribution in [0, 0.1) is 29.1 Å². The molecule has 0 heterocycles. The Morgan fingerprint density at radius 2 is 0.845 bits per heavy atom. The van der Waals surface area contributed by atoms with Gasteiger partial charge in [0.05, 0.1) is 12.5 Å². The quantitative estimate of drug-likeness (QED) is 0.0136. The van der Waals surface area contributed by atoms with Crippen LogP contribution < -0.4 is 92.1 Å². The Bertz CT molecular complexity index is 3450. The second-order valence-electron chi connectivity index (χ2n) is 27.7. The maximum atomic E-state index is 14.7. The number of carbonyl (C=O) groups excluding carboxylic acids is 13. The Hall–Kier alpha value is -10.0. The van der Waals surface area contributed by atoms with Crippen molar-refractivity contribution in [3.8, 4) is 11.5 Å². The molecule has 0 saturated heterocycles. The van der Waals surface area contributed by atoms with Crippen molar-refractivity contribution in [1.29, 1.82) is 5.41 Å². The highest BCUT2D eigenvalue weighted by atomic mass is 32.2. The minimum atomic E-state index is -1.78. The van der Waals surface area contributed by atoms with E-state index in [1.54, 1.807) is 47.8 Å². The van der Waals surface area contributed by atoms with Gasteiger partial charge in [-0.2, -0.15) is 24.4 Å². The number of phenols is 2. The van der Waals surface area contributed by atoms with Gasteiger partial charge in [-0.15, -0.1) is 0 Å². The first-order valence-electron chi connectivity index (χ1n) is 36.2. The molecular weight excluding hydrogens is 1470 g/mol. The van der Waals surface area contributed by atoms with Gasteiger partial charge in [0.15, 0.2) is 5.96 Å². The van der Waals surface area contributed by atoms with Crippen molar-refractivity contribution in [1.82, 2.24) is 69.1 Å². The van der Waals surface area contributed by atoms with Crippen molar-refractivity contribution >= 4 is 119 Å². The zero-order chi connectivity index (χ0) is 83.2. The highest BCUT2D eigenvalue weighted by molar-refractivity contribution is 7.98. The number of carbonyl (C=O) groups is 15. The van der Waals surface area contributed by atoms with Crippen LogP contribution in [0.2, 0.25) is 0 Å². The molecule has 0 aliphatic rings. The van der Waals surface area contributed by atoms with Crippen molar-refractivity contribution in [2.24, 2.45) is 46.6 Å². The molecule has 0 aromatic heterocycles. The summed E-state index contributed by atoms with van der Waals surface area (Å²) < 4.78 is 0. The fraction of sp³-hybridized carbons (Fsp3) is 0.606. The first-order chi connectivity index (χ1) is 51.7. The van der Waals surface area contributed by atoms with Gasteiger partial charge in [0.2, 0.25) is 76.8 Å². The molecule has 37 nitrogen and oxygen atoms in total. The molecule has 0 unspecified atom stereocenters. The van der Waals surface area contributed by atoms with Gasteiger partial charge >= 0.3 is 11.9 Å². The number of unbranched alkanes of at least 4 members (excludes halogenated alkanes) is 1. The van der Waals surface area contributed by atoms with E-state index in [2.05, 4.69) is 81.7 Å². The number of nitrogens with one attached hydrogen (secondary N) is 14. The molecule has 13 amide bonds. The molecule has 0 saturated carbocycles. The summed E-state index contributed by atoms with van der Waals surface area (Å²) in [6.07, 6.45) is 0.720. The number of carboxylic acid groups (broad SMARTS) is 2. The summed E-state index contributed by atoms with van der Waals surface area (Å²) in [5.41, 5.74) is 23.5. The Morgan fingerprint density at radius 1 is 0.464 bits per heavy atom. The van der Waals surface area contributed by atoms with Crippen molar-refractivity contribution < 1.29 is 92.3 Å². The number of benzene rings is 2. The van der Waals surface area contributed by atoms with Crippen LogP contribution in [0.3, 0.4) is 0 Å². The van der Waals surface area contributed by atoms with E-state index in [1.165, 1.54) is 81.1 Å². The number of nitrogens with two attached hydrogens (primary N) is 4. The van der Waals surface area contributed by atoms with Gasteiger partial charge in [0.1, 0.15) is 84.0 Å². The van der Waals surface area contributed by atoms with Crippen LogP contribution in [0.15, 0.2) is 48.5 Å². The predicted octanol–water partition coefficient (Wildman–Crippen LogP) is -3.04. The molecule has 0 aliphatic heterocycles. The Morgan fingerprint density at radius 3 is 1.30 bits per heavy atom. The number of amides is 13. The third-order valence-electron chi connectivity index (χ3n) is 17.6. The van der Waals surface area contributed by atoms with Crippen molar-refractivity contribution in [2.75, 3.05) is 30.9 Å². The number of thiol groups is 1. The number of guanidine groups is 1. The number of thioether (sulfide) groups is 1. The summed E-state index contributed by atoms with van der Waals surface area (Å²) in [6, 6.07) is -7.57. The highest BCUT2D eigenvalue weighted by Gasteiger charge is 2.39. The molecule has 110 heavy (non-hydrogen) atoms. The van der Waals surface area contributed by atoms with E-state index < -0.39 is 203 Å². The number of carboxylic acids is 2. The van der Waals surface area contributed by atoms with Gasteiger partial charge in [0, 0.05) is 31.6 Å². The zero-order valence-corrected chi connectivity index (χ0v) is 65.5. The third-order valence-corrected chi connectivity index (χ3v) is 18.6. The van der Waals surface area contributed by atoms with E-state index in [4.69, 9.17) is 28.3 Å². The Kier molecular flexibility index (Phi) is 43.0.